The van der Waals surface area contributed by atoms with Gasteiger partial charge in [0, 0.05) is 31.4 Å². The highest BCUT2D eigenvalue weighted by molar-refractivity contribution is 5.78. The molecule has 0 radical (unpaired) electrons. The number of piperidine rings is 1. The van der Waals surface area contributed by atoms with Crippen molar-refractivity contribution in [3.63, 3.8) is 0 Å². The molecule has 4 rings (SSSR count). The van der Waals surface area contributed by atoms with Gasteiger partial charge in [-0.2, -0.15) is 0 Å². The van der Waals surface area contributed by atoms with Crippen LogP contribution in [0.4, 0.5) is 0 Å². The molecule has 0 saturated carbocycles. The molecular formula is C19H24N2O2. The summed E-state index contributed by atoms with van der Waals surface area (Å²) in [4.78, 5) is 16.4. The van der Waals surface area contributed by atoms with E-state index in [4.69, 9.17) is 4.42 Å². The molecular weight excluding hydrogens is 288 g/mol. The predicted molar refractivity (Wildman–Crippen MR) is 90.0 cm³/mol. The Bertz CT molecular complexity index is 660. The summed E-state index contributed by atoms with van der Waals surface area (Å²) in [6.07, 6.45) is 4.23. The number of carbonyl (C=O) groups excluding carboxylic acids is 1. The molecule has 1 aromatic heterocycles. The summed E-state index contributed by atoms with van der Waals surface area (Å²) in [7, 11) is 0. The summed E-state index contributed by atoms with van der Waals surface area (Å²) in [6, 6.07) is 10.3. The molecule has 4 heteroatoms. The Morgan fingerprint density at radius 2 is 2.09 bits per heavy atom. The summed E-state index contributed by atoms with van der Waals surface area (Å²) in [5.74, 6) is 2.00. The Kier molecular flexibility index (Phi) is 4.08. The highest BCUT2D eigenvalue weighted by Crippen LogP contribution is 2.24. The van der Waals surface area contributed by atoms with Crippen molar-refractivity contribution in [2.75, 3.05) is 26.2 Å². The quantitative estimate of drug-likeness (QED) is 0.869. The highest BCUT2D eigenvalue weighted by atomic mass is 16.3. The van der Waals surface area contributed by atoms with Gasteiger partial charge in [0.2, 0.25) is 5.91 Å². The Morgan fingerprint density at radius 3 is 2.91 bits per heavy atom. The van der Waals surface area contributed by atoms with Crippen LogP contribution in [-0.2, 0) is 11.3 Å². The van der Waals surface area contributed by atoms with E-state index in [2.05, 4.69) is 21.9 Å². The van der Waals surface area contributed by atoms with Crippen molar-refractivity contribution in [2.24, 2.45) is 5.92 Å². The summed E-state index contributed by atoms with van der Waals surface area (Å²) in [5.41, 5.74) is 0.971. The van der Waals surface area contributed by atoms with Crippen LogP contribution >= 0.6 is 0 Å². The minimum absolute atomic E-state index is 0.347. The Morgan fingerprint density at radius 1 is 1.17 bits per heavy atom. The number of benzene rings is 1. The van der Waals surface area contributed by atoms with Crippen LogP contribution in [0.1, 0.15) is 31.4 Å². The monoisotopic (exact) mass is 312 g/mol. The Hall–Kier alpha value is -1.81. The van der Waals surface area contributed by atoms with Crippen LogP contribution in [0, 0.1) is 5.92 Å². The summed E-state index contributed by atoms with van der Waals surface area (Å²) in [5, 5.41) is 1.18. The van der Waals surface area contributed by atoms with Crippen LogP contribution in [0.5, 0.6) is 0 Å². The summed E-state index contributed by atoms with van der Waals surface area (Å²) < 4.78 is 5.95. The third-order valence-electron chi connectivity index (χ3n) is 5.11. The second-order valence-electron chi connectivity index (χ2n) is 6.94. The van der Waals surface area contributed by atoms with Gasteiger partial charge in [-0.15, -0.1) is 0 Å². The molecule has 1 amide bonds. The van der Waals surface area contributed by atoms with Gasteiger partial charge in [-0.25, -0.2) is 0 Å². The third kappa shape index (κ3) is 3.27. The van der Waals surface area contributed by atoms with Gasteiger partial charge in [0.1, 0.15) is 11.3 Å². The van der Waals surface area contributed by atoms with E-state index >= 15 is 0 Å². The number of nitrogens with zero attached hydrogens (tertiary/aromatic N) is 2. The third-order valence-corrected chi connectivity index (χ3v) is 5.11. The molecule has 0 spiro atoms. The SMILES string of the molecule is O=C1CCCN1C[C@H]1CCCN(Cc2cc3ccccc3o2)C1. The molecule has 0 bridgehead atoms. The predicted octanol–water partition coefficient (Wildman–Crippen LogP) is 3.27. The molecule has 0 unspecified atom stereocenters. The second-order valence-corrected chi connectivity index (χ2v) is 6.94. The van der Waals surface area contributed by atoms with Gasteiger partial charge < -0.3 is 9.32 Å². The van der Waals surface area contributed by atoms with E-state index in [1.807, 2.05) is 18.2 Å². The maximum atomic E-state index is 11.8. The van der Waals surface area contributed by atoms with Gasteiger partial charge in [-0.05, 0) is 43.9 Å². The Balaban J connectivity index is 1.38. The number of hydrogen-bond acceptors (Lipinski definition) is 3. The van der Waals surface area contributed by atoms with Gasteiger partial charge in [-0.1, -0.05) is 18.2 Å². The van der Waals surface area contributed by atoms with Crippen molar-refractivity contribution < 1.29 is 9.21 Å². The number of rotatable bonds is 4. The molecule has 1 aromatic carbocycles. The number of para-hydroxylation sites is 1. The molecule has 0 N–H and O–H groups in total. The van der Waals surface area contributed by atoms with Crippen LogP contribution in [-0.4, -0.2) is 41.9 Å². The zero-order valence-electron chi connectivity index (χ0n) is 13.5. The lowest BCUT2D eigenvalue weighted by Crippen LogP contribution is -2.41. The van der Waals surface area contributed by atoms with Gasteiger partial charge in [0.25, 0.3) is 0 Å². The molecule has 1 atom stereocenters. The van der Waals surface area contributed by atoms with Crippen molar-refractivity contribution in [1.29, 1.82) is 0 Å². The fourth-order valence-corrected chi connectivity index (χ4v) is 3.99. The first-order valence-electron chi connectivity index (χ1n) is 8.75. The van der Waals surface area contributed by atoms with Crippen molar-refractivity contribution in [2.45, 2.75) is 32.2 Å². The van der Waals surface area contributed by atoms with Crippen LogP contribution in [0.15, 0.2) is 34.7 Å². The minimum Gasteiger partial charge on any atom is -0.460 e. The lowest BCUT2D eigenvalue weighted by atomic mass is 9.97. The van der Waals surface area contributed by atoms with Crippen LogP contribution in [0.2, 0.25) is 0 Å². The maximum Gasteiger partial charge on any atom is 0.222 e. The second kappa shape index (κ2) is 6.36. The average Bonchev–Trinajstić information content (AvgIpc) is 3.13. The number of hydrogen-bond donors (Lipinski definition) is 0. The largest absolute Gasteiger partial charge is 0.460 e. The molecule has 23 heavy (non-hydrogen) atoms. The lowest BCUT2D eigenvalue weighted by Gasteiger charge is -2.34. The van der Waals surface area contributed by atoms with E-state index in [1.165, 1.54) is 18.2 Å². The molecule has 4 nitrogen and oxygen atoms in total. The molecule has 2 fully saturated rings. The summed E-state index contributed by atoms with van der Waals surface area (Å²) >= 11 is 0. The van der Waals surface area contributed by atoms with Crippen LogP contribution in [0.3, 0.4) is 0 Å². The van der Waals surface area contributed by atoms with E-state index in [9.17, 15) is 4.79 Å². The molecule has 122 valence electrons. The highest BCUT2D eigenvalue weighted by Gasteiger charge is 2.27. The standard InChI is InChI=1S/C19H24N2O2/c22-19-8-4-10-21(19)13-15-5-3-9-20(12-15)14-17-11-16-6-1-2-7-18(16)23-17/h1-2,6-7,11,15H,3-5,8-10,12-14H2/t15-/m0/s1. The van der Waals surface area contributed by atoms with Crippen molar-refractivity contribution >= 4 is 16.9 Å². The van der Waals surface area contributed by atoms with Gasteiger partial charge in [0.05, 0.1) is 6.54 Å². The van der Waals surface area contributed by atoms with Gasteiger partial charge in [-0.3, -0.25) is 9.69 Å². The number of fused-ring (bicyclic) bond motifs is 1. The fourth-order valence-electron chi connectivity index (χ4n) is 3.99. The first kappa shape index (κ1) is 14.8. The molecule has 2 saturated heterocycles. The Labute approximate surface area is 137 Å². The maximum absolute atomic E-state index is 11.8. The summed E-state index contributed by atoms with van der Waals surface area (Å²) in [6.45, 7) is 4.97. The lowest BCUT2D eigenvalue weighted by molar-refractivity contribution is -0.128. The zero-order valence-corrected chi connectivity index (χ0v) is 13.5. The van der Waals surface area contributed by atoms with E-state index in [0.717, 1.165) is 56.9 Å². The van der Waals surface area contributed by atoms with Gasteiger partial charge >= 0.3 is 0 Å². The number of amides is 1. The number of carbonyl (C=O) groups is 1. The molecule has 3 heterocycles. The van der Waals surface area contributed by atoms with E-state index in [0.29, 0.717) is 11.8 Å². The average molecular weight is 312 g/mol. The molecule has 0 aliphatic carbocycles. The van der Waals surface area contributed by atoms with Crippen molar-refractivity contribution in [3.8, 4) is 0 Å². The van der Waals surface area contributed by atoms with Crippen molar-refractivity contribution in [3.05, 3.63) is 36.1 Å². The van der Waals surface area contributed by atoms with E-state index in [-0.39, 0.29) is 0 Å². The smallest absolute Gasteiger partial charge is 0.222 e. The number of furan rings is 1. The van der Waals surface area contributed by atoms with E-state index < -0.39 is 0 Å². The van der Waals surface area contributed by atoms with Crippen LogP contribution in [0.25, 0.3) is 11.0 Å². The normalized spacial score (nSPS) is 23.0. The molecule has 2 aliphatic heterocycles. The van der Waals surface area contributed by atoms with Crippen LogP contribution < -0.4 is 0 Å². The van der Waals surface area contributed by atoms with Crippen molar-refractivity contribution in [1.82, 2.24) is 9.80 Å². The topological polar surface area (TPSA) is 36.7 Å². The number of likely N-dealkylation sites (tertiary alicyclic amines) is 2. The fraction of sp³-hybridized carbons (Fsp3) is 0.526. The first-order chi connectivity index (χ1) is 11.3. The van der Waals surface area contributed by atoms with Gasteiger partial charge in [0.15, 0.2) is 0 Å². The molecule has 2 aromatic rings. The molecule has 2 aliphatic rings. The van der Waals surface area contributed by atoms with E-state index in [1.54, 1.807) is 0 Å². The zero-order chi connectivity index (χ0) is 15.6. The minimum atomic E-state index is 0.347. The first-order valence-corrected chi connectivity index (χ1v) is 8.75.